The number of nitro groups is 1. The zero-order valence-electron chi connectivity index (χ0n) is 18.7. The van der Waals surface area contributed by atoms with Crippen molar-refractivity contribution >= 4 is 46.6 Å². The number of anilines is 1. The number of benzene rings is 3. The van der Waals surface area contributed by atoms with Gasteiger partial charge >= 0.3 is 0 Å². The second-order valence-electron chi connectivity index (χ2n) is 8.97. The van der Waals surface area contributed by atoms with Crippen LogP contribution in [0.3, 0.4) is 0 Å². The molecule has 2 fully saturated rings. The number of hydrogen-bond acceptors (Lipinski definition) is 6. The molecule has 8 nitrogen and oxygen atoms in total. The average molecular weight is 500 g/mol. The number of halogens is 1. The quantitative estimate of drug-likeness (QED) is 0.224. The van der Waals surface area contributed by atoms with E-state index in [4.69, 9.17) is 11.6 Å². The fraction of sp³-hybridized carbons (Fsp3) is 0.148. The number of rotatable bonds is 4. The normalized spacial score (nSPS) is 23.9. The first-order valence-electron chi connectivity index (χ1n) is 11.3. The van der Waals surface area contributed by atoms with Crippen molar-refractivity contribution in [3.63, 3.8) is 0 Å². The number of nitrogens with zero attached hydrogens (tertiary/aromatic N) is 3. The summed E-state index contributed by atoms with van der Waals surface area (Å²) in [6, 6.07) is 18.4. The Kier molecular flexibility index (Phi) is 5.01. The highest BCUT2D eigenvalue weighted by atomic mass is 35.5. The Morgan fingerprint density at radius 2 is 1.61 bits per heavy atom. The number of fused-ring (bicyclic) bond motifs is 5. The Morgan fingerprint density at radius 3 is 2.36 bits per heavy atom. The van der Waals surface area contributed by atoms with Crippen LogP contribution in [0.15, 0.2) is 79.0 Å². The van der Waals surface area contributed by atoms with Crippen molar-refractivity contribution in [2.75, 3.05) is 4.90 Å². The van der Waals surface area contributed by atoms with Gasteiger partial charge in [-0.3, -0.25) is 24.5 Å². The molecule has 0 radical (unpaired) electrons. The largest absolute Gasteiger partial charge is 0.358 e. The second-order valence-corrected chi connectivity index (χ2v) is 9.38. The number of imide groups is 1. The molecule has 9 heteroatoms. The number of nitro benzene ring substituents is 1. The summed E-state index contributed by atoms with van der Waals surface area (Å²) in [6.07, 6.45) is 3.66. The highest BCUT2D eigenvalue weighted by Gasteiger charge is 2.64. The molecule has 0 bridgehead atoms. The summed E-state index contributed by atoms with van der Waals surface area (Å²) in [5, 5.41) is 11.4. The van der Waals surface area contributed by atoms with Crippen LogP contribution in [0.2, 0.25) is 5.02 Å². The summed E-state index contributed by atoms with van der Waals surface area (Å²) in [5.41, 5.74) is 1.83. The lowest BCUT2D eigenvalue weighted by Crippen LogP contribution is -2.44. The van der Waals surface area contributed by atoms with Crippen LogP contribution in [0.5, 0.6) is 0 Å². The topological polar surface area (TPSA) is 101 Å². The predicted molar refractivity (Wildman–Crippen MR) is 132 cm³/mol. The summed E-state index contributed by atoms with van der Waals surface area (Å²) < 4.78 is 0. The molecule has 2 saturated heterocycles. The minimum absolute atomic E-state index is 0.0361. The first kappa shape index (κ1) is 22.2. The minimum Gasteiger partial charge on any atom is -0.358 e. The molecule has 4 atom stereocenters. The van der Waals surface area contributed by atoms with E-state index in [1.807, 2.05) is 35.2 Å². The van der Waals surface area contributed by atoms with Gasteiger partial charge in [-0.05, 0) is 23.3 Å². The van der Waals surface area contributed by atoms with Crippen LogP contribution in [0.1, 0.15) is 27.5 Å². The Hall–Kier alpha value is -4.30. The second kappa shape index (κ2) is 8.13. The summed E-state index contributed by atoms with van der Waals surface area (Å²) in [4.78, 5) is 55.1. The minimum atomic E-state index is -0.985. The van der Waals surface area contributed by atoms with Gasteiger partial charge in [0.1, 0.15) is 6.04 Å². The molecule has 6 rings (SSSR count). The van der Waals surface area contributed by atoms with E-state index in [0.717, 1.165) is 22.1 Å². The lowest BCUT2D eigenvalue weighted by Gasteiger charge is -2.35. The van der Waals surface area contributed by atoms with E-state index in [1.165, 1.54) is 12.1 Å². The van der Waals surface area contributed by atoms with E-state index in [0.29, 0.717) is 5.56 Å². The van der Waals surface area contributed by atoms with Gasteiger partial charge in [-0.25, -0.2) is 4.90 Å². The molecule has 3 aliphatic rings. The van der Waals surface area contributed by atoms with Gasteiger partial charge in [0.2, 0.25) is 11.8 Å². The predicted octanol–water partition coefficient (Wildman–Crippen LogP) is 4.65. The number of carbonyl (C=O) groups excluding carboxylic acids is 3. The molecular weight excluding hydrogens is 482 g/mol. The molecule has 178 valence electrons. The zero-order valence-corrected chi connectivity index (χ0v) is 19.4. The van der Waals surface area contributed by atoms with Crippen molar-refractivity contribution in [1.82, 2.24) is 4.90 Å². The van der Waals surface area contributed by atoms with Gasteiger partial charge in [-0.1, -0.05) is 66.2 Å². The standard InChI is InChI=1S/C27H18ClN3O5/c28-19-11-10-17(31(35)36)14-20(19)30-26(33)21-22(27(30)34)24(25(32)16-7-2-1-3-8-16)29-13-12-15-6-4-5-9-18(15)23(21)29/h1-14,21-24H/t21-,22+,23+,24+/m0/s1. The number of non-ortho nitro benzene ring substituents is 1. The third-order valence-electron chi connectivity index (χ3n) is 7.17. The molecule has 0 unspecified atom stereocenters. The molecule has 0 aromatic heterocycles. The zero-order chi connectivity index (χ0) is 25.1. The molecule has 36 heavy (non-hydrogen) atoms. The van der Waals surface area contributed by atoms with E-state index >= 15 is 0 Å². The Balaban J connectivity index is 1.51. The van der Waals surface area contributed by atoms with Crippen LogP contribution >= 0.6 is 11.6 Å². The fourth-order valence-electron chi connectivity index (χ4n) is 5.65. The highest BCUT2D eigenvalue weighted by Crippen LogP contribution is 2.54. The maximum atomic E-state index is 13.9. The van der Waals surface area contributed by atoms with Crippen LogP contribution in [0, 0.1) is 22.0 Å². The van der Waals surface area contributed by atoms with Gasteiger partial charge in [0.05, 0.1) is 33.5 Å². The van der Waals surface area contributed by atoms with E-state index in [9.17, 15) is 24.5 Å². The maximum absolute atomic E-state index is 13.9. The number of hydrogen-bond donors (Lipinski definition) is 0. The molecule has 0 N–H and O–H groups in total. The van der Waals surface area contributed by atoms with Crippen molar-refractivity contribution in [2.24, 2.45) is 11.8 Å². The van der Waals surface area contributed by atoms with Crippen molar-refractivity contribution in [3.8, 4) is 0 Å². The lowest BCUT2D eigenvalue weighted by atomic mass is 9.83. The van der Waals surface area contributed by atoms with Crippen LogP contribution in [-0.4, -0.2) is 33.5 Å². The summed E-state index contributed by atoms with van der Waals surface area (Å²) >= 11 is 6.32. The van der Waals surface area contributed by atoms with E-state index in [2.05, 4.69) is 0 Å². The van der Waals surface area contributed by atoms with Crippen LogP contribution in [0.25, 0.3) is 6.08 Å². The molecule has 0 saturated carbocycles. The maximum Gasteiger partial charge on any atom is 0.271 e. The summed E-state index contributed by atoms with van der Waals surface area (Å²) in [5.74, 6) is -3.25. The molecule has 3 aromatic rings. The molecule has 2 amide bonds. The molecular formula is C27H18ClN3O5. The first-order chi connectivity index (χ1) is 17.4. The third-order valence-corrected chi connectivity index (χ3v) is 7.49. The van der Waals surface area contributed by atoms with Crippen LogP contribution < -0.4 is 4.90 Å². The number of amides is 2. The molecule has 3 aromatic carbocycles. The van der Waals surface area contributed by atoms with Gasteiger partial charge < -0.3 is 4.90 Å². The van der Waals surface area contributed by atoms with Gasteiger partial charge in [-0.2, -0.15) is 0 Å². The van der Waals surface area contributed by atoms with E-state index < -0.39 is 40.7 Å². The average Bonchev–Trinajstić information content (AvgIpc) is 3.37. The van der Waals surface area contributed by atoms with E-state index in [-0.39, 0.29) is 22.2 Å². The smallest absolute Gasteiger partial charge is 0.271 e. The van der Waals surface area contributed by atoms with Crippen molar-refractivity contribution in [2.45, 2.75) is 12.1 Å². The van der Waals surface area contributed by atoms with Gasteiger partial charge in [0.15, 0.2) is 5.78 Å². The highest BCUT2D eigenvalue weighted by molar-refractivity contribution is 6.36. The summed E-state index contributed by atoms with van der Waals surface area (Å²) in [6.45, 7) is 0. The molecule has 0 aliphatic carbocycles. The first-order valence-corrected chi connectivity index (χ1v) is 11.7. The molecule has 0 spiro atoms. The van der Waals surface area contributed by atoms with Gasteiger partial charge in [0, 0.05) is 23.9 Å². The van der Waals surface area contributed by atoms with Crippen LogP contribution in [0.4, 0.5) is 11.4 Å². The third kappa shape index (κ3) is 3.11. The number of carbonyl (C=O) groups is 3. The van der Waals surface area contributed by atoms with Crippen molar-refractivity contribution in [1.29, 1.82) is 0 Å². The van der Waals surface area contributed by atoms with Gasteiger partial charge in [-0.15, -0.1) is 0 Å². The Morgan fingerprint density at radius 1 is 0.917 bits per heavy atom. The lowest BCUT2D eigenvalue weighted by molar-refractivity contribution is -0.384. The molecule has 3 heterocycles. The fourth-order valence-corrected chi connectivity index (χ4v) is 5.86. The number of ketones is 1. The summed E-state index contributed by atoms with van der Waals surface area (Å²) in [7, 11) is 0. The van der Waals surface area contributed by atoms with Crippen molar-refractivity contribution < 1.29 is 19.3 Å². The monoisotopic (exact) mass is 499 g/mol. The Labute approximate surface area is 210 Å². The van der Waals surface area contributed by atoms with Gasteiger partial charge in [0.25, 0.3) is 5.69 Å². The SMILES string of the molecule is O=C(c1ccccc1)[C@H]1[C@@H]2C(=O)N(c3cc([N+](=O)[O-])ccc3Cl)C(=O)[C@@H]2[C@H]2c3ccccc3C=CN21. The van der Waals surface area contributed by atoms with Crippen LogP contribution in [-0.2, 0) is 9.59 Å². The number of Topliss-reactive ketones (excluding diaryl/α,β-unsaturated/α-hetero) is 1. The molecule has 3 aliphatic heterocycles. The Bertz CT molecular complexity index is 1490. The van der Waals surface area contributed by atoms with E-state index in [1.54, 1.807) is 36.5 Å². The van der Waals surface area contributed by atoms with Crippen molar-refractivity contribution in [3.05, 3.63) is 111 Å².